The van der Waals surface area contributed by atoms with Gasteiger partial charge in [0.15, 0.2) is 12.2 Å². The van der Waals surface area contributed by atoms with E-state index in [0.717, 1.165) is 108 Å². The Labute approximate surface area is 594 Å². The maximum absolute atomic E-state index is 13.1. The van der Waals surface area contributed by atoms with Crippen molar-refractivity contribution in [1.29, 1.82) is 0 Å². The number of aliphatic hydroxyl groups is 1. The summed E-state index contributed by atoms with van der Waals surface area (Å²) in [5.41, 5.74) is 0. The van der Waals surface area contributed by atoms with E-state index < -0.39 is 97.5 Å². The average Bonchev–Trinajstić information content (AvgIpc) is 1.01. The molecule has 0 bridgehead atoms. The van der Waals surface area contributed by atoms with E-state index in [9.17, 15) is 43.2 Å². The predicted molar refractivity (Wildman–Crippen MR) is 395 cm³/mol. The molecule has 0 aromatic rings. The predicted octanol–water partition coefficient (Wildman–Crippen LogP) is 22.8. The summed E-state index contributed by atoms with van der Waals surface area (Å²) in [6, 6.07) is 0. The van der Waals surface area contributed by atoms with Crippen LogP contribution in [-0.2, 0) is 65.4 Å². The zero-order valence-corrected chi connectivity index (χ0v) is 65.5. The maximum atomic E-state index is 13.1. The number of aliphatic hydroxyl groups excluding tert-OH is 1. The molecule has 3 unspecified atom stereocenters. The van der Waals surface area contributed by atoms with Crippen LogP contribution in [0, 0.1) is 23.7 Å². The van der Waals surface area contributed by atoms with Crippen LogP contribution in [0.4, 0.5) is 0 Å². The molecular weight excluding hydrogens is 1270 g/mol. The number of hydrogen-bond acceptors (Lipinski definition) is 15. The summed E-state index contributed by atoms with van der Waals surface area (Å²) in [5.74, 6) is 0.895. The summed E-state index contributed by atoms with van der Waals surface area (Å²) >= 11 is 0. The topological polar surface area (TPSA) is 237 Å². The van der Waals surface area contributed by atoms with Crippen molar-refractivity contribution in [3.05, 3.63) is 0 Å². The van der Waals surface area contributed by atoms with E-state index in [-0.39, 0.29) is 25.7 Å². The van der Waals surface area contributed by atoms with Crippen molar-refractivity contribution in [3.8, 4) is 0 Å². The van der Waals surface area contributed by atoms with Gasteiger partial charge in [-0.3, -0.25) is 37.3 Å². The van der Waals surface area contributed by atoms with E-state index in [4.69, 9.17) is 37.0 Å². The monoisotopic (exact) mass is 1420 g/mol. The van der Waals surface area contributed by atoms with Crippen LogP contribution >= 0.6 is 15.6 Å². The smallest absolute Gasteiger partial charge is 0.462 e. The third kappa shape index (κ3) is 72.2. The number of unbranched alkanes of at least 4 members (excludes halogenated alkanes) is 41. The van der Waals surface area contributed by atoms with Crippen LogP contribution in [-0.4, -0.2) is 96.7 Å². The molecule has 0 spiro atoms. The second kappa shape index (κ2) is 67.2. The standard InChI is InChI=1S/C78H152O17P2/c1-68(2)54-46-38-30-24-20-16-12-9-10-14-19-23-27-35-44-52-60-77(82)94-73(64-88-75(80)58-50-42-34-26-22-18-15-11-13-17-21-25-31-39-47-55-69(3)4)66-92-96(84,85)90-62-72(79)63-91-97(86,87)93-67-74(95-78(83)61-53-45-37-29-33-41-49-57-71(7)8)65-89-76(81)59-51-43-36-28-32-40-48-56-70(5)6/h68-74,79H,9-67H2,1-8H3,(H,84,85)(H,86,87)/t72?,73-,74-/m1/s1. The van der Waals surface area contributed by atoms with Crippen LogP contribution in [0.3, 0.4) is 0 Å². The molecule has 0 rings (SSSR count). The Morgan fingerprint density at radius 2 is 0.433 bits per heavy atom. The molecule has 0 amide bonds. The molecule has 0 radical (unpaired) electrons. The molecule has 19 heteroatoms. The average molecular weight is 1420 g/mol. The Morgan fingerprint density at radius 3 is 0.639 bits per heavy atom. The van der Waals surface area contributed by atoms with Gasteiger partial charge in [-0.1, -0.05) is 344 Å². The number of rotatable bonds is 75. The lowest BCUT2D eigenvalue weighted by molar-refractivity contribution is -0.161. The molecule has 576 valence electrons. The molecule has 0 aliphatic heterocycles. The van der Waals surface area contributed by atoms with Crippen LogP contribution in [0.2, 0.25) is 0 Å². The minimum absolute atomic E-state index is 0.102. The van der Waals surface area contributed by atoms with Gasteiger partial charge < -0.3 is 33.8 Å². The van der Waals surface area contributed by atoms with Gasteiger partial charge >= 0.3 is 39.5 Å². The summed E-state index contributed by atoms with van der Waals surface area (Å²) < 4.78 is 68.5. The van der Waals surface area contributed by atoms with Crippen molar-refractivity contribution in [2.24, 2.45) is 23.7 Å². The largest absolute Gasteiger partial charge is 0.472 e. The quantitative estimate of drug-likeness (QED) is 0.0222. The summed E-state index contributed by atoms with van der Waals surface area (Å²) in [6.45, 7) is 14.2. The second-order valence-electron chi connectivity index (χ2n) is 30.0. The highest BCUT2D eigenvalue weighted by Crippen LogP contribution is 2.45. The van der Waals surface area contributed by atoms with Crippen molar-refractivity contribution in [2.45, 2.75) is 414 Å². The summed E-state index contributed by atoms with van der Waals surface area (Å²) in [6.07, 6.45) is 53.0. The van der Waals surface area contributed by atoms with E-state index in [2.05, 4.69) is 55.4 Å². The Kier molecular flexibility index (Phi) is 65.9. The Balaban J connectivity index is 5.21. The number of carbonyl (C=O) groups is 4. The van der Waals surface area contributed by atoms with Crippen LogP contribution < -0.4 is 0 Å². The van der Waals surface area contributed by atoms with E-state index >= 15 is 0 Å². The van der Waals surface area contributed by atoms with Crippen molar-refractivity contribution < 1.29 is 80.2 Å². The number of carbonyl (C=O) groups excluding carboxylic acids is 4. The first kappa shape index (κ1) is 95.1. The van der Waals surface area contributed by atoms with Crippen molar-refractivity contribution in [1.82, 2.24) is 0 Å². The van der Waals surface area contributed by atoms with E-state index in [1.54, 1.807) is 0 Å². The molecule has 5 atom stereocenters. The van der Waals surface area contributed by atoms with Crippen molar-refractivity contribution in [2.75, 3.05) is 39.6 Å². The molecule has 0 aliphatic rings. The molecule has 0 saturated carbocycles. The number of esters is 4. The lowest BCUT2D eigenvalue weighted by Crippen LogP contribution is -2.30. The number of phosphoric acid groups is 2. The first-order chi connectivity index (χ1) is 46.6. The van der Waals surface area contributed by atoms with Gasteiger partial charge in [0.1, 0.15) is 19.3 Å². The zero-order chi connectivity index (χ0) is 71.7. The zero-order valence-electron chi connectivity index (χ0n) is 63.7. The number of ether oxygens (including phenoxy) is 4. The van der Waals surface area contributed by atoms with Crippen LogP contribution in [0.15, 0.2) is 0 Å². The molecule has 0 aliphatic carbocycles. The fraction of sp³-hybridized carbons (Fsp3) is 0.949. The molecule has 17 nitrogen and oxygen atoms in total. The Hall–Kier alpha value is -1.94. The van der Waals surface area contributed by atoms with Crippen molar-refractivity contribution >= 4 is 39.5 Å². The van der Waals surface area contributed by atoms with E-state index in [0.29, 0.717) is 37.5 Å². The minimum Gasteiger partial charge on any atom is -0.462 e. The summed E-state index contributed by atoms with van der Waals surface area (Å²) in [4.78, 5) is 72.8. The van der Waals surface area contributed by atoms with Gasteiger partial charge in [0.25, 0.3) is 0 Å². The minimum atomic E-state index is -4.96. The summed E-state index contributed by atoms with van der Waals surface area (Å²) in [7, 11) is -9.91. The second-order valence-corrected chi connectivity index (χ2v) is 32.9. The fourth-order valence-corrected chi connectivity index (χ4v) is 13.5. The van der Waals surface area contributed by atoms with Gasteiger partial charge in [0.05, 0.1) is 26.4 Å². The normalized spacial score (nSPS) is 14.1. The fourth-order valence-electron chi connectivity index (χ4n) is 11.9. The number of hydrogen-bond donors (Lipinski definition) is 3. The molecule has 0 aromatic carbocycles. The molecule has 97 heavy (non-hydrogen) atoms. The Bertz CT molecular complexity index is 1900. The van der Waals surface area contributed by atoms with Crippen molar-refractivity contribution in [3.63, 3.8) is 0 Å². The van der Waals surface area contributed by atoms with Crippen LogP contribution in [0.1, 0.15) is 396 Å². The molecule has 0 fully saturated rings. The first-order valence-electron chi connectivity index (χ1n) is 40.2. The molecule has 0 aromatic heterocycles. The molecule has 0 saturated heterocycles. The third-order valence-corrected chi connectivity index (χ3v) is 20.0. The van der Waals surface area contributed by atoms with E-state index in [1.165, 1.54) is 193 Å². The van der Waals surface area contributed by atoms with Gasteiger partial charge in [0, 0.05) is 25.7 Å². The maximum Gasteiger partial charge on any atom is 0.472 e. The highest BCUT2D eigenvalue weighted by molar-refractivity contribution is 7.47. The molecular formula is C78H152O17P2. The lowest BCUT2D eigenvalue weighted by atomic mass is 10.0. The van der Waals surface area contributed by atoms with Gasteiger partial charge in [-0.25, -0.2) is 9.13 Å². The molecule has 0 heterocycles. The van der Waals surface area contributed by atoms with Gasteiger partial charge in [-0.05, 0) is 49.4 Å². The lowest BCUT2D eigenvalue weighted by Gasteiger charge is -2.21. The van der Waals surface area contributed by atoms with Gasteiger partial charge in [-0.15, -0.1) is 0 Å². The first-order valence-corrected chi connectivity index (χ1v) is 43.2. The van der Waals surface area contributed by atoms with Crippen LogP contribution in [0.25, 0.3) is 0 Å². The Morgan fingerprint density at radius 1 is 0.258 bits per heavy atom. The number of phosphoric ester groups is 2. The van der Waals surface area contributed by atoms with Gasteiger partial charge in [0.2, 0.25) is 0 Å². The van der Waals surface area contributed by atoms with Gasteiger partial charge in [-0.2, -0.15) is 0 Å². The van der Waals surface area contributed by atoms with E-state index in [1.807, 2.05) is 0 Å². The third-order valence-electron chi connectivity index (χ3n) is 18.1. The molecule has 3 N–H and O–H groups in total. The van der Waals surface area contributed by atoms with Crippen LogP contribution in [0.5, 0.6) is 0 Å². The summed E-state index contributed by atoms with van der Waals surface area (Å²) in [5, 5.41) is 10.6. The highest BCUT2D eigenvalue weighted by Gasteiger charge is 2.30. The SMILES string of the molecule is CC(C)CCCCCCCCCCCCCCCCCCC(=O)O[C@H](COC(=O)CCCCCCCCCCCCCCCCCC(C)C)COP(=O)(O)OCC(O)COP(=O)(O)OC[C@@H](COC(=O)CCCCCCCCCC(C)C)OC(=O)CCCCCCCCCC(C)C. The highest BCUT2D eigenvalue weighted by atomic mass is 31.2.